The highest BCUT2D eigenvalue weighted by Gasteiger charge is 2.38. The summed E-state index contributed by atoms with van der Waals surface area (Å²) >= 11 is 3.32. The van der Waals surface area contributed by atoms with Crippen LogP contribution >= 0.6 is 15.9 Å². The summed E-state index contributed by atoms with van der Waals surface area (Å²) in [6, 6.07) is 4.68. The highest BCUT2D eigenvalue weighted by atomic mass is 79.9. The molecule has 3 rings (SSSR count). The first-order valence-corrected chi connectivity index (χ1v) is 10.1. The molecular formula is C20H26BrFN2O2. The Kier molecular flexibility index (Phi) is 6.84. The number of piperidine rings is 1. The molecule has 2 aliphatic rings. The van der Waals surface area contributed by atoms with Crippen LogP contribution in [0.5, 0.6) is 0 Å². The molecule has 0 saturated carbocycles. The van der Waals surface area contributed by atoms with Gasteiger partial charge in [0.15, 0.2) is 0 Å². The highest BCUT2D eigenvalue weighted by molar-refractivity contribution is 9.10. The van der Waals surface area contributed by atoms with E-state index >= 15 is 0 Å². The molecule has 0 bridgehead atoms. The van der Waals surface area contributed by atoms with E-state index in [2.05, 4.69) is 26.1 Å². The van der Waals surface area contributed by atoms with Gasteiger partial charge in [0.2, 0.25) is 5.91 Å². The third kappa shape index (κ3) is 4.93. The molecule has 2 heterocycles. The summed E-state index contributed by atoms with van der Waals surface area (Å²) in [5, 5.41) is 3.04. The molecule has 0 atom stereocenters. The van der Waals surface area contributed by atoms with Crippen molar-refractivity contribution < 1.29 is 13.9 Å². The maximum absolute atomic E-state index is 13.8. The van der Waals surface area contributed by atoms with Crippen LogP contribution in [0.3, 0.4) is 0 Å². The molecule has 0 aliphatic carbocycles. The Morgan fingerprint density at radius 3 is 2.73 bits per heavy atom. The molecule has 2 fully saturated rings. The summed E-state index contributed by atoms with van der Waals surface area (Å²) in [6.07, 6.45) is 8.54. The van der Waals surface area contributed by atoms with E-state index in [0.29, 0.717) is 12.1 Å². The van der Waals surface area contributed by atoms with Crippen molar-refractivity contribution in [2.75, 3.05) is 32.8 Å². The Bertz CT molecular complexity index is 653. The molecule has 0 spiro atoms. The van der Waals surface area contributed by atoms with Gasteiger partial charge in [-0.1, -0.05) is 22.4 Å². The molecule has 26 heavy (non-hydrogen) atoms. The fourth-order valence-electron chi connectivity index (χ4n) is 3.84. The van der Waals surface area contributed by atoms with Gasteiger partial charge in [0.25, 0.3) is 0 Å². The zero-order valence-corrected chi connectivity index (χ0v) is 16.6. The summed E-state index contributed by atoms with van der Waals surface area (Å²) in [5.41, 5.74) is 0.384. The van der Waals surface area contributed by atoms with E-state index in [9.17, 15) is 9.18 Å². The fourth-order valence-corrected chi connectivity index (χ4v) is 4.22. The zero-order valence-electron chi connectivity index (χ0n) is 15.0. The quantitative estimate of drug-likeness (QED) is 0.731. The first kappa shape index (κ1) is 19.5. The van der Waals surface area contributed by atoms with Crippen LogP contribution in [0.4, 0.5) is 4.39 Å². The molecule has 1 amide bonds. The van der Waals surface area contributed by atoms with Crippen LogP contribution in [0.25, 0.3) is 6.08 Å². The lowest BCUT2D eigenvalue weighted by Crippen LogP contribution is -2.59. The van der Waals surface area contributed by atoms with Crippen LogP contribution in [0, 0.1) is 5.82 Å². The van der Waals surface area contributed by atoms with Crippen LogP contribution in [0.2, 0.25) is 0 Å². The van der Waals surface area contributed by atoms with E-state index in [1.165, 1.54) is 37.5 Å². The van der Waals surface area contributed by atoms with E-state index in [1.807, 2.05) is 0 Å². The molecule has 0 aromatic heterocycles. The van der Waals surface area contributed by atoms with Gasteiger partial charge in [-0.25, -0.2) is 4.39 Å². The van der Waals surface area contributed by atoms with Crippen molar-refractivity contribution in [2.24, 2.45) is 0 Å². The van der Waals surface area contributed by atoms with E-state index in [-0.39, 0.29) is 17.3 Å². The van der Waals surface area contributed by atoms with Gasteiger partial charge < -0.3 is 10.1 Å². The van der Waals surface area contributed by atoms with Crippen LogP contribution < -0.4 is 5.32 Å². The molecular weight excluding hydrogens is 399 g/mol. The molecule has 4 nitrogen and oxygen atoms in total. The predicted molar refractivity (Wildman–Crippen MR) is 104 cm³/mol. The number of amides is 1. The van der Waals surface area contributed by atoms with Gasteiger partial charge in [-0.3, -0.25) is 9.69 Å². The molecule has 142 valence electrons. The summed E-state index contributed by atoms with van der Waals surface area (Å²) in [7, 11) is 0. The Balaban J connectivity index is 1.62. The lowest BCUT2D eigenvalue weighted by Gasteiger charge is -2.48. The highest BCUT2D eigenvalue weighted by Crippen LogP contribution is 2.30. The number of nitrogens with zero attached hydrogens (tertiary/aromatic N) is 1. The standard InChI is InChI=1S/C20H26BrFN2O2/c21-17-5-6-18(22)16(14-17)4-7-19(25)23-15-20(8-12-26-13-9-20)24-10-2-1-3-11-24/h4-7,14H,1-3,8-13,15H2,(H,23,25)/b7-4+. The van der Waals surface area contributed by atoms with Crippen LogP contribution in [-0.4, -0.2) is 49.2 Å². The van der Waals surface area contributed by atoms with Gasteiger partial charge in [0.05, 0.1) is 0 Å². The van der Waals surface area contributed by atoms with Gasteiger partial charge in [-0.05, 0) is 63.0 Å². The normalized spacial score (nSPS) is 21.0. The average molecular weight is 425 g/mol. The van der Waals surface area contributed by atoms with Crippen molar-refractivity contribution in [2.45, 2.75) is 37.6 Å². The van der Waals surface area contributed by atoms with E-state index in [1.54, 1.807) is 12.1 Å². The lowest BCUT2D eigenvalue weighted by molar-refractivity contribution is -0.118. The molecule has 1 aromatic carbocycles. The van der Waals surface area contributed by atoms with Gasteiger partial charge in [-0.2, -0.15) is 0 Å². The smallest absolute Gasteiger partial charge is 0.244 e. The maximum Gasteiger partial charge on any atom is 0.244 e. The second-order valence-corrected chi connectivity index (χ2v) is 8.02. The number of rotatable bonds is 5. The van der Waals surface area contributed by atoms with Crippen molar-refractivity contribution in [3.63, 3.8) is 0 Å². The predicted octanol–water partition coefficient (Wildman–Crippen LogP) is 3.75. The van der Waals surface area contributed by atoms with E-state index in [0.717, 1.165) is 43.6 Å². The molecule has 6 heteroatoms. The van der Waals surface area contributed by atoms with Crippen molar-refractivity contribution in [3.8, 4) is 0 Å². The third-order valence-corrected chi connectivity index (χ3v) is 5.91. The lowest BCUT2D eigenvalue weighted by atomic mass is 9.86. The number of benzene rings is 1. The minimum Gasteiger partial charge on any atom is -0.381 e. The number of hydrogen-bond acceptors (Lipinski definition) is 3. The molecule has 1 aromatic rings. The number of halogens is 2. The second-order valence-electron chi connectivity index (χ2n) is 7.10. The molecule has 2 saturated heterocycles. The maximum atomic E-state index is 13.8. The minimum atomic E-state index is -0.341. The first-order valence-electron chi connectivity index (χ1n) is 9.33. The Morgan fingerprint density at radius 2 is 2.00 bits per heavy atom. The average Bonchev–Trinajstić information content (AvgIpc) is 2.68. The fraction of sp³-hybridized carbons (Fsp3) is 0.550. The molecule has 0 unspecified atom stereocenters. The number of ether oxygens (including phenoxy) is 1. The molecule has 2 aliphatic heterocycles. The van der Waals surface area contributed by atoms with Crippen molar-refractivity contribution in [1.29, 1.82) is 0 Å². The number of carbonyl (C=O) groups excluding carboxylic acids is 1. The summed E-state index contributed by atoms with van der Waals surface area (Å²) < 4.78 is 20.1. The zero-order chi connectivity index (χ0) is 18.4. The largest absolute Gasteiger partial charge is 0.381 e. The van der Waals surface area contributed by atoms with Gasteiger partial charge in [0.1, 0.15) is 5.82 Å². The van der Waals surface area contributed by atoms with Crippen LogP contribution in [0.15, 0.2) is 28.7 Å². The summed E-state index contributed by atoms with van der Waals surface area (Å²) in [5.74, 6) is -0.529. The molecule has 1 N–H and O–H groups in total. The first-order chi connectivity index (χ1) is 12.6. The van der Waals surface area contributed by atoms with Gasteiger partial charge in [-0.15, -0.1) is 0 Å². The third-order valence-electron chi connectivity index (χ3n) is 5.41. The molecule has 0 radical (unpaired) electrons. The van der Waals surface area contributed by atoms with Gasteiger partial charge >= 0.3 is 0 Å². The minimum absolute atomic E-state index is 0.0107. The van der Waals surface area contributed by atoms with Gasteiger partial charge in [0, 0.05) is 41.4 Å². The van der Waals surface area contributed by atoms with Crippen LogP contribution in [-0.2, 0) is 9.53 Å². The number of carbonyl (C=O) groups is 1. The Labute approximate surface area is 162 Å². The number of hydrogen-bond donors (Lipinski definition) is 1. The van der Waals surface area contributed by atoms with Crippen LogP contribution in [0.1, 0.15) is 37.7 Å². The Hall–Kier alpha value is -1.24. The Morgan fingerprint density at radius 1 is 1.27 bits per heavy atom. The topological polar surface area (TPSA) is 41.6 Å². The van der Waals surface area contributed by atoms with E-state index in [4.69, 9.17) is 4.74 Å². The van der Waals surface area contributed by atoms with Crippen molar-refractivity contribution in [3.05, 3.63) is 40.1 Å². The van der Waals surface area contributed by atoms with Crippen molar-refractivity contribution >= 4 is 27.9 Å². The number of nitrogens with one attached hydrogen (secondary N) is 1. The SMILES string of the molecule is O=C(/C=C/c1cc(Br)ccc1F)NCC1(N2CCCCC2)CCOCC1. The summed E-state index contributed by atoms with van der Waals surface area (Å²) in [6.45, 7) is 4.28. The monoisotopic (exact) mass is 424 g/mol. The summed E-state index contributed by atoms with van der Waals surface area (Å²) in [4.78, 5) is 14.8. The van der Waals surface area contributed by atoms with Crippen molar-refractivity contribution in [1.82, 2.24) is 10.2 Å². The second kappa shape index (κ2) is 9.11. The number of likely N-dealkylation sites (tertiary alicyclic amines) is 1. The van der Waals surface area contributed by atoms with E-state index < -0.39 is 0 Å².